The molecule has 1 aliphatic rings. The molecule has 0 aliphatic carbocycles. The molecule has 0 N–H and O–H groups in total. The van der Waals surface area contributed by atoms with Gasteiger partial charge in [0, 0.05) is 13.0 Å². The number of rotatable bonds is 5. The van der Waals surface area contributed by atoms with Crippen molar-refractivity contribution in [2.24, 2.45) is 5.92 Å². The lowest BCUT2D eigenvalue weighted by molar-refractivity contribution is -0.158. The fourth-order valence-corrected chi connectivity index (χ4v) is 3.17. The average Bonchev–Trinajstić information content (AvgIpc) is 2.65. The smallest absolute Gasteiger partial charge is 0.311 e. The van der Waals surface area contributed by atoms with Crippen molar-refractivity contribution < 1.29 is 14.3 Å². The van der Waals surface area contributed by atoms with Crippen LogP contribution in [0.3, 0.4) is 0 Å². The quantitative estimate of drug-likeness (QED) is 0.555. The molecule has 1 heterocycles. The fourth-order valence-electron chi connectivity index (χ4n) is 3.17. The zero-order valence-corrected chi connectivity index (χ0v) is 15.0. The average molecular weight is 338 g/mol. The molecule has 3 nitrogen and oxygen atoms in total. The van der Waals surface area contributed by atoms with E-state index in [1.54, 1.807) is 0 Å². The number of esters is 1. The zero-order chi connectivity index (χ0) is 17.6. The Bertz CT molecular complexity index is 753. The third kappa shape index (κ3) is 4.70. The van der Waals surface area contributed by atoms with Crippen LogP contribution in [0, 0.1) is 5.92 Å². The minimum atomic E-state index is -0.256. The summed E-state index contributed by atoms with van der Waals surface area (Å²) < 4.78 is 11.3. The summed E-state index contributed by atoms with van der Waals surface area (Å²) >= 11 is 0. The number of carbonyl (C=O) groups excluding carboxylic acids is 1. The lowest BCUT2D eigenvalue weighted by atomic mass is 9.99. The van der Waals surface area contributed by atoms with E-state index >= 15 is 0 Å². The lowest BCUT2D eigenvalue weighted by Gasteiger charge is -2.24. The second-order valence-corrected chi connectivity index (χ2v) is 6.96. The van der Waals surface area contributed by atoms with Gasteiger partial charge in [-0.1, -0.05) is 48.0 Å². The highest BCUT2D eigenvalue weighted by atomic mass is 16.5. The SMILES string of the molecule is CC(C)=CCC(OC(=O)C1CCCOC1)c1ccc2ccccc2c1. The minimum absolute atomic E-state index is 0.136. The van der Waals surface area contributed by atoms with Gasteiger partial charge in [-0.3, -0.25) is 4.79 Å². The molecule has 0 saturated carbocycles. The molecule has 25 heavy (non-hydrogen) atoms. The summed E-state index contributed by atoms with van der Waals surface area (Å²) in [4.78, 5) is 12.6. The molecule has 2 atom stereocenters. The van der Waals surface area contributed by atoms with Gasteiger partial charge in [-0.25, -0.2) is 0 Å². The molecule has 0 bridgehead atoms. The second-order valence-electron chi connectivity index (χ2n) is 6.96. The first-order valence-corrected chi connectivity index (χ1v) is 9.04. The molecule has 2 unspecified atom stereocenters. The van der Waals surface area contributed by atoms with Crippen molar-refractivity contribution in [1.29, 1.82) is 0 Å². The largest absolute Gasteiger partial charge is 0.457 e. The van der Waals surface area contributed by atoms with Crippen LogP contribution in [0.1, 0.15) is 44.8 Å². The molecule has 0 spiro atoms. The highest BCUT2D eigenvalue weighted by Gasteiger charge is 2.26. The van der Waals surface area contributed by atoms with Crippen LogP contribution in [0.2, 0.25) is 0 Å². The van der Waals surface area contributed by atoms with E-state index in [1.165, 1.54) is 16.3 Å². The first-order chi connectivity index (χ1) is 12.1. The summed E-state index contributed by atoms with van der Waals surface area (Å²) in [7, 11) is 0. The molecule has 3 rings (SSSR count). The predicted molar refractivity (Wildman–Crippen MR) is 100 cm³/mol. The first-order valence-electron chi connectivity index (χ1n) is 9.04. The molecule has 2 aromatic rings. The molecule has 132 valence electrons. The number of hydrogen-bond acceptors (Lipinski definition) is 3. The maximum atomic E-state index is 12.6. The van der Waals surface area contributed by atoms with Gasteiger partial charge in [0.15, 0.2) is 0 Å². The van der Waals surface area contributed by atoms with Crippen LogP contribution in [-0.2, 0) is 14.3 Å². The number of allylic oxidation sites excluding steroid dienone is 1. The summed E-state index contributed by atoms with van der Waals surface area (Å²) in [6.45, 7) is 5.35. The van der Waals surface area contributed by atoms with E-state index in [0.717, 1.165) is 25.0 Å². The molecular formula is C22H26O3. The monoisotopic (exact) mass is 338 g/mol. The summed E-state index contributed by atoms with van der Waals surface area (Å²) in [5, 5.41) is 2.36. The highest BCUT2D eigenvalue weighted by Crippen LogP contribution is 2.28. The van der Waals surface area contributed by atoms with Crippen molar-refractivity contribution in [2.45, 2.75) is 39.2 Å². The van der Waals surface area contributed by atoms with Crippen molar-refractivity contribution in [3.63, 3.8) is 0 Å². The van der Waals surface area contributed by atoms with Gasteiger partial charge in [0.1, 0.15) is 6.10 Å². The van der Waals surface area contributed by atoms with Crippen molar-refractivity contribution in [3.8, 4) is 0 Å². The molecule has 1 saturated heterocycles. The maximum Gasteiger partial charge on any atom is 0.311 e. The van der Waals surface area contributed by atoms with Crippen LogP contribution in [0.25, 0.3) is 10.8 Å². The number of carbonyl (C=O) groups is 1. The van der Waals surface area contributed by atoms with Crippen molar-refractivity contribution in [1.82, 2.24) is 0 Å². The van der Waals surface area contributed by atoms with Crippen LogP contribution in [0.5, 0.6) is 0 Å². The van der Waals surface area contributed by atoms with E-state index in [0.29, 0.717) is 13.0 Å². The van der Waals surface area contributed by atoms with Crippen LogP contribution >= 0.6 is 0 Å². The molecule has 1 aliphatic heterocycles. The van der Waals surface area contributed by atoms with Gasteiger partial charge in [-0.2, -0.15) is 0 Å². The van der Waals surface area contributed by atoms with Gasteiger partial charge >= 0.3 is 5.97 Å². The van der Waals surface area contributed by atoms with Gasteiger partial charge in [-0.05, 0) is 49.1 Å². The minimum Gasteiger partial charge on any atom is -0.457 e. The molecule has 0 radical (unpaired) electrons. The third-order valence-corrected chi connectivity index (χ3v) is 4.64. The van der Waals surface area contributed by atoms with Crippen LogP contribution in [0.15, 0.2) is 54.1 Å². The molecule has 1 fully saturated rings. The Morgan fingerprint density at radius 2 is 2.04 bits per heavy atom. The maximum absolute atomic E-state index is 12.6. The van der Waals surface area contributed by atoms with Crippen molar-refractivity contribution >= 4 is 16.7 Å². The van der Waals surface area contributed by atoms with Crippen molar-refractivity contribution in [3.05, 3.63) is 59.7 Å². The summed E-state index contributed by atoms with van der Waals surface area (Å²) in [6, 6.07) is 14.5. The van der Waals surface area contributed by atoms with Gasteiger partial charge in [0.2, 0.25) is 0 Å². The Labute approximate surface area is 149 Å². The van der Waals surface area contributed by atoms with Gasteiger partial charge in [-0.15, -0.1) is 0 Å². The topological polar surface area (TPSA) is 35.5 Å². The van der Waals surface area contributed by atoms with Crippen LogP contribution < -0.4 is 0 Å². The number of ether oxygens (including phenoxy) is 2. The first kappa shape index (κ1) is 17.7. The molecular weight excluding hydrogens is 312 g/mol. The Morgan fingerprint density at radius 1 is 1.24 bits per heavy atom. The number of fused-ring (bicyclic) bond motifs is 1. The fraction of sp³-hybridized carbons (Fsp3) is 0.409. The van der Waals surface area contributed by atoms with E-state index < -0.39 is 0 Å². The Hall–Kier alpha value is -2.13. The van der Waals surface area contributed by atoms with E-state index in [2.05, 4.69) is 50.3 Å². The molecule has 3 heteroatoms. The summed E-state index contributed by atoms with van der Waals surface area (Å²) in [6.07, 6.45) is 4.35. The standard InChI is InChI=1S/C22H26O3/c1-16(2)9-12-21(25-22(23)20-8-5-13-24-15-20)19-11-10-17-6-3-4-7-18(17)14-19/h3-4,6-7,9-11,14,20-21H,5,8,12-13,15H2,1-2H3. The van der Waals surface area contributed by atoms with Crippen LogP contribution in [0.4, 0.5) is 0 Å². The normalized spacial score (nSPS) is 18.6. The molecule has 0 amide bonds. The Morgan fingerprint density at radius 3 is 2.76 bits per heavy atom. The Kier molecular flexibility index (Phi) is 5.87. The second kappa shape index (κ2) is 8.30. The van der Waals surface area contributed by atoms with E-state index in [1.807, 2.05) is 12.1 Å². The van der Waals surface area contributed by atoms with E-state index in [-0.39, 0.29) is 18.0 Å². The summed E-state index contributed by atoms with van der Waals surface area (Å²) in [5.41, 5.74) is 2.27. The van der Waals surface area contributed by atoms with Gasteiger partial charge < -0.3 is 9.47 Å². The van der Waals surface area contributed by atoms with Gasteiger partial charge in [0.25, 0.3) is 0 Å². The molecule has 0 aromatic heterocycles. The van der Waals surface area contributed by atoms with E-state index in [4.69, 9.17) is 9.47 Å². The predicted octanol–water partition coefficient (Wildman–Crippen LogP) is 5.21. The number of hydrogen-bond donors (Lipinski definition) is 0. The number of benzene rings is 2. The lowest BCUT2D eigenvalue weighted by Crippen LogP contribution is -2.28. The van der Waals surface area contributed by atoms with Crippen molar-refractivity contribution in [2.75, 3.05) is 13.2 Å². The Balaban J connectivity index is 1.82. The highest BCUT2D eigenvalue weighted by molar-refractivity contribution is 5.83. The zero-order valence-electron chi connectivity index (χ0n) is 15.0. The third-order valence-electron chi connectivity index (χ3n) is 4.64. The molecule has 2 aromatic carbocycles. The van der Waals surface area contributed by atoms with Crippen LogP contribution in [-0.4, -0.2) is 19.2 Å². The summed E-state index contributed by atoms with van der Waals surface area (Å²) in [5.74, 6) is -0.275. The van der Waals surface area contributed by atoms with E-state index in [9.17, 15) is 4.79 Å². The van der Waals surface area contributed by atoms with Gasteiger partial charge in [0.05, 0.1) is 12.5 Å².